The van der Waals surface area contributed by atoms with Crippen LogP contribution < -0.4 is 5.56 Å². The van der Waals surface area contributed by atoms with Crippen LogP contribution in [0.2, 0.25) is 10.0 Å². The van der Waals surface area contributed by atoms with Gasteiger partial charge >= 0.3 is 0 Å². The second kappa shape index (κ2) is 6.32. The molecule has 1 atom stereocenters. The number of halogens is 2. The third kappa shape index (κ3) is 3.14. The van der Waals surface area contributed by atoms with E-state index >= 15 is 0 Å². The first-order valence-electron chi connectivity index (χ1n) is 6.65. The van der Waals surface area contributed by atoms with Crippen LogP contribution >= 0.6 is 35.0 Å². The molecular formula is C16H12Cl2N2OS. The fourth-order valence-corrected chi connectivity index (χ4v) is 3.58. The third-order valence-electron chi connectivity index (χ3n) is 3.21. The number of H-pyrrole nitrogens is 1. The van der Waals surface area contributed by atoms with Crippen LogP contribution in [0.1, 0.15) is 18.0 Å². The Morgan fingerprint density at radius 3 is 2.77 bits per heavy atom. The van der Waals surface area contributed by atoms with Crippen molar-refractivity contribution in [2.45, 2.75) is 17.1 Å². The lowest BCUT2D eigenvalue weighted by molar-refractivity contribution is 0.923. The van der Waals surface area contributed by atoms with Gasteiger partial charge in [-0.1, -0.05) is 35.3 Å². The average molecular weight is 351 g/mol. The minimum absolute atomic E-state index is 0.0618. The lowest BCUT2D eigenvalue weighted by atomic mass is 10.2. The molecular weight excluding hydrogens is 339 g/mol. The van der Waals surface area contributed by atoms with E-state index in [1.54, 1.807) is 18.2 Å². The topological polar surface area (TPSA) is 45.8 Å². The molecule has 0 aliphatic carbocycles. The Morgan fingerprint density at radius 2 is 1.95 bits per heavy atom. The highest BCUT2D eigenvalue weighted by molar-refractivity contribution is 7.99. The van der Waals surface area contributed by atoms with Crippen molar-refractivity contribution in [2.75, 3.05) is 0 Å². The quantitative estimate of drug-likeness (QED) is 0.669. The van der Waals surface area contributed by atoms with Crippen molar-refractivity contribution in [3.63, 3.8) is 0 Å². The van der Waals surface area contributed by atoms with Crippen molar-refractivity contribution in [3.05, 3.63) is 68.7 Å². The van der Waals surface area contributed by atoms with Crippen LogP contribution in [0, 0.1) is 0 Å². The van der Waals surface area contributed by atoms with E-state index in [0.29, 0.717) is 26.8 Å². The first-order chi connectivity index (χ1) is 10.5. The molecule has 0 saturated heterocycles. The van der Waals surface area contributed by atoms with Crippen LogP contribution in [0.5, 0.6) is 0 Å². The highest BCUT2D eigenvalue weighted by Crippen LogP contribution is 2.38. The summed E-state index contributed by atoms with van der Waals surface area (Å²) < 4.78 is 0. The van der Waals surface area contributed by atoms with Gasteiger partial charge in [-0.15, -0.1) is 11.8 Å². The minimum Gasteiger partial charge on any atom is -0.309 e. The Balaban J connectivity index is 1.97. The molecule has 3 rings (SSSR count). The van der Waals surface area contributed by atoms with Gasteiger partial charge in [0.05, 0.1) is 21.2 Å². The van der Waals surface area contributed by atoms with Crippen LogP contribution in [-0.4, -0.2) is 9.97 Å². The highest BCUT2D eigenvalue weighted by Gasteiger charge is 2.14. The second-order valence-corrected chi connectivity index (χ2v) is 7.03. The smallest absolute Gasteiger partial charge is 0.258 e. The molecule has 0 saturated carbocycles. The molecule has 0 fully saturated rings. The SMILES string of the molecule is C[C@@H](Sc1cc(Cl)ccc1Cl)c1nc2ccccc2c(=O)[nH]1. The fourth-order valence-electron chi connectivity index (χ4n) is 2.11. The largest absolute Gasteiger partial charge is 0.309 e. The number of thioether (sulfide) groups is 1. The van der Waals surface area contributed by atoms with E-state index in [-0.39, 0.29) is 10.8 Å². The number of hydrogen-bond donors (Lipinski definition) is 1. The van der Waals surface area contributed by atoms with Gasteiger partial charge in [-0.3, -0.25) is 4.79 Å². The van der Waals surface area contributed by atoms with Crippen molar-refractivity contribution >= 4 is 45.9 Å². The van der Waals surface area contributed by atoms with Crippen molar-refractivity contribution in [1.82, 2.24) is 9.97 Å². The number of rotatable bonds is 3. The van der Waals surface area contributed by atoms with Crippen LogP contribution in [0.25, 0.3) is 10.9 Å². The monoisotopic (exact) mass is 350 g/mol. The number of hydrogen-bond acceptors (Lipinski definition) is 3. The van der Waals surface area contributed by atoms with E-state index in [1.807, 2.05) is 31.2 Å². The molecule has 2 aromatic carbocycles. The standard InChI is InChI=1S/C16H12Cl2N2OS/c1-9(22-14-8-10(17)6-7-12(14)18)15-19-13-5-3-2-4-11(13)16(21)20-15/h2-9H,1H3,(H,19,20,21)/t9-/m1/s1. The highest BCUT2D eigenvalue weighted by atomic mass is 35.5. The molecule has 0 aliphatic rings. The minimum atomic E-state index is -0.134. The molecule has 6 heteroatoms. The van der Waals surface area contributed by atoms with Crippen LogP contribution in [0.15, 0.2) is 52.2 Å². The van der Waals surface area contributed by atoms with E-state index in [4.69, 9.17) is 23.2 Å². The van der Waals surface area contributed by atoms with Gasteiger partial charge < -0.3 is 4.98 Å². The first kappa shape index (κ1) is 15.4. The van der Waals surface area contributed by atoms with Gasteiger partial charge in [0.2, 0.25) is 0 Å². The summed E-state index contributed by atoms with van der Waals surface area (Å²) >= 11 is 13.7. The first-order valence-corrected chi connectivity index (χ1v) is 8.29. The van der Waals surface area contributed by atoms with Gasteiger partial charge in [0.1, 0.15) is 5.82 Å². The molecule has 112 valence electrons. The number of nitrogens with zero attached hydrogens (tertiary/aromatic N) is 1. The zero-order valence-corrected chi connectivity index (χ0v) is 14.0. The lowest BCUT2D eigenvalue weighted by Gasteiger charge is -2.12. The molecule has 1 N–H and O–H groups in total. The van der Waals surface area contributed by atoms with Crippen molar-refractivity contribution < 1.29 is 0 Å². The molecule has 3 aromatic rings. The average Bonchev–Trinajstić information content (AvgIpc) is 2.51. The molecule has 22 heavy (non-hydrogen) atoms. The zero-order chi connectivity index (χ0) is 15.7. The van der Waals surface area contributed by atoms with Crippen LogP contribution in [-0.2, 0) is 0 Å². The maximum Gasteiger partial charge on any atom is 0.258 e. The van der Waals surface area contributed by atoms with E-state index in [0.717, 1.165) is 4.90 Å². The molecule has 0 amide bonds. The molecule has 0 radical (unpaired) electrons. The van der Waals surface area contributed by atoms with Gasteiger partial charge in [-0.25, -0.2) is 4.98 Å². The Morgan fingerprint density at radius 1 is 1.18 bits per heavy atom. The summed E-state index contributed by atoms with van der Waals surface area (Å²) in [5.41, 5.74) is 0.552. The number of aromatic nitrogens is 2. The number of aromatic amines is 1. The number of nitrogens with one attached hydrogen (secondary N) is 1. The van der Waals surface area contributed by atoms with Gasteiger partial charge in [-0.05, 0) is 37.3 Å². The predicted molar refractivity (Wildman–Crippen MR) is 93.1 cm³/mol. The molecule has 0 unspecified atom stereocenters. The summed E-state index contributed by atoms with van der Waals surface area (Å²) in [5.74, 6) is 0.616. The van der Waals surface area contributed by atoms with Gasteiger partial charge in [0.15, 0.2) is 0 Å². The molecule has 0 bridgehead atoms. The summed E-state index contributed by atoms with van der Waals surface area (Å²) in [5, 5.41) is 1.78. The Bertz CT molecular complexity index is 895. The molecule has 0 spiro atoms. The molecule has 3 nitrogen and oxygen atoms in total. The summed E-state index contributed by atoms with van der Waals surface area (Å²) in [6.45, 7) is 1.97. The molecule has 1 aromatic heterocycles. The Labute approximate surface area is 141 Å². The van der Waals surface area contributed by atoms with E-state index in [9.17, 15) is 4.79 Å². The summed E-state index contributed by atoms with van der Waals surface area (Å²) in [7, 11) is 0. The second-order valence-electron chi connectivity index (χ2n) is 4.80. The number of fused-ring (bicyclic) bond motifs is 1. The molecule has 0 aliphatic heterocycles. The van der Waals surface area contributed by atoms with Crippen LogP contribution in [0.4, 0.5) is 0 Å². The lowest BCUT2D eigenvalue weighted by Crippen LogP contribution is -2.12. The molecule has 1 heterocycles. The maximum atomic E-state index is 12.1. The van der Waals surface area contributed by atoms with Gasteiger partial charge in [0.25, 0.3) is 5.56 Å². The third-order valence-corrected chi connectivity index (χ3v) is 5.06. The number of para-hydroxylation sites is 1. The Kier molecular flexibility index (Phi) is 4.43. The van der Waals surface area contributed by atoms with Crippen molar-refractivity contribution in [3.8, 4) is 0 Å². The van der Waals surface area contributed by atoms with Crippen molar-refractivity contribution in [2.24, 2.45) is 0 Å². The zero-order valence-electron chi connectivity index (χ0n) is 11.6. The summed E-state index contributed by atoms with van der Waals surface area (Å²) in [4.78, 5) is 20.4. The Hall–Kier alpha value is -1.49. The van der Waals surface area contributed by atoms with Gasteiger partial charge in [0, 0.05) is 9.92 Å². The normalized spacial score (nSPS) is 12.5. The van der Waals surface area contributed by atoms with E-state index in [2.05, 4.69) is 9.97 Å². The fraction of sp³-hybridized carbons (Fsp3) is 0.125. The number of benzene rings is 2. The van der Waals surface area contributed by atoms with E-state index in [1.165, 1.54) is 11.8 Å². The summed E-state index contributed by atoms with van der Waals surface area (Å²) in [6, 6.07) is 12.6. The summed E-state index contributed by atoms with van der Waals surface area (Å²) in [6.07, 6.45) is 0. The van der Waals surface area contributed by atoms with Crippen LogP contribution in [0.3, 0.4) is 0 Å². The maximum absolute atomic E-state index is 12.1. The van der Waals surface area contributed by atoms with E-state index < -0.39 is 0 Å². The predicted octanol–water partition coefficient (Wildman–Crippen LogP) is 5.08. The van der Waals surface area contributed by atoms with Gasteiger partial charge in [-0.2, -0.15) is 0 Å². The van der Waals surface area contributed by atoms with Crippen molar-refractivity contribution in [1.29, 1.82) is 0 Å².